The lowest BCUT2D eigenvalue weighted by Gasteiger charge is -2.24. The number of thioether (sulfide) groups is 2. The van der Waals surface area contributed by atoms with Gasteiger partial charge in [0.25, 0.3) is 0 Å². The SMILES string of the molecule is COc1ccc(C(=O)SCC2CC(CSC(=O)c3ccc(OC)cc3)N(Cc3ccccc3)C2=O)cc1. The van der Waals surface area contributed by atoms with Crippen molar-refractivity contribution in [3.63, 3.8) is 0 Å². The molecule has 0 aliphatic carbocycles. The van der Waals surface area contributed by atoms with E-state index in [2.05, 4.69) is 0 Å². The molecule has 1 aliphatic heterocycles. The molecule has 192 valence electrons. The number of methoxy groups -OCH3 is 2. The molecule has 1 fully saturated rings. The zero-order valence-corrected chi connectivity index (χ0v) is 22.4. The van der Waals surface area contributed by atoms with Crippen molar-refractivity contribution in [1.82, 2.24) is 4.90 Å². The first-order valence-electron chi connectivity index (χ1n) is 11.9. The standard InChI is InChI=1S/C29H29NO5S2/c1-34-25-12-8-21(9-13-25)28(32)36-18-23-16-24(30(27(23)31)17-20-6-4-3-5-7-20)19-37-29(33)22-10-14-26(35-2)15-11-22/h3-15,23-24H,16-19H2,1-2H3. The van der Waals surface area contributed by atoms with Crippen LogP contribution < -0.4 is 9.47 Å². The van der Waals surface area contributed by atoms with Gasteiger partial charge in [0.1, 0.15) is 11.5 Å². The van der Waals surface area contributed by atoms with E-state index in [1.165, 1.54) is 23.5 Å². The van der Waals surface area contributed by atoms with Crippen LogP contribution in [0, 0.1) is 5.92 Å². The van der Waals surface area contributed by atoms with Gasteiger partial charge in [-0.2, -0.15) is 0 Å². The zero-order chi connectivity index (χ0) is 26.2. The molecule has 3 aromatic carbocycles. The van der Waals surface area contributed by atoms with Gasteiger partial charge >= 0.3 is 0 Å². The summed E-state index contributed by atoms with van der Waals surface area (Å²) < 4.78 is 10.3. The van der Waals surface area contributed by atoms with E-state index in [9.17, 15) is 14.4 Å². The number of nitrogens with zero attached hydrogens (tertiary/aromatic N) is 1. The Morgan fingerprint density at radius 2 is 1.30 bits per heavy atom. The second-order valence-corrected chi connectivity index (χ2v) is 10.7. The van der Waals surface area contributed by atoms with Crippen molar-refractivity contribution < 1.29 is 23.9 Å². The summed E-state index contributed by atoms with van der Waals surface area (Å²) in [7, 11) is 3.17. The van der Waals surface area contributed by atoms with Crippen LogP contribution in [0.2, 0.25) is 0 Å². The number of rotatable bonds is 10. The molecule has 0 spiro atoms. The van der Waals surface area contributed by atoms with Crippen molar-refractivity contribution in [2.24, 2.45) is 5.92 Å². The fourth-order valence-electron chi connectivity index (χ4n) is 4.22. The van der Waals surface area contributed by atoms with Gasteiger partial charge in [-0.15, -0.1) is 0 Å². The largest absolute Gasteiger partial charge is 0.497 e. The molecule has 0 bridgehead atoms. The van der Waals surface area contributed by atoms with Gasteiger partial charge in [-0.25, -0.2) is 0 Å². The predicted octanol–water partition coefficient (Wildman–Crippen LogP) is 5.57. The van der Waals surface area contributed by atoms with Crippen LogP contribution in [0.5, 0.6) is 11.5 Å². The van der Waals surface area contributed by atoms with Crippen LogP contribution in [0.3, 0.4) is 0 Å². The van der Waals surface area contributed by atoms with Crippen molar-refractivity contribution in [1.29, 1.82) is 0 Å². The van der Waals surface area contributed by atoms with E-state index in [1.807, 2.05) is 35.2 Å². The van der Waals surface area contributed by atoms with E-state index in [-0.39, 0.29) is 28.1 Å². The summed E-state index contributed by atoms with van der Waals surface area (Å²) in [5.74, 6) is 2.04. The Bertz CT molecular complexity index is 1220. The number of ether oxygens (including phenoxy) is 2. The number of amides is 1. The maximum atomic E-state index is 13.4. The van der Waals surface area contributed by atoms with E-state index in [0.717, 1.165) is 5.56 Å². The van der Waals surface area contributed by atoms with Crippen molar-refractivity contribution >= 4 is 39.7 Å². The topological polar surface area (TPSA) is 72.9 Å². The number of hydrogen-bond acceptors (Lipinski definition) is 7. The summed E-state index contributed by atoms with van der Waals surface area (Å²) in [6.45, 7) is 0.481. The minimum absolute atomic E-state index is 0.0291. The Balaban J connectivity index is 1.41. The number of carbonyl (C=O) groups excluding carboxylic acids is 3. The summed E-state index contributed by atoms with van der Waals surface area (Å²) in [6.07, 6.45) is 0.609. The van der Waals surface area contributed by atoms with Crippen LogP contribution in [0.15, 0.2) is 78.9 Å². The molecule has 0 saturated carbocycles. The molecule has 1 heterocycles. The summed E-state index contributed by atoms with van der Waals surface area (Å²) in [4.78, 5) is 40.8. The maximum Gasteiger partial charge on any atom is 0.227 e. The molecule has 6 nitrogen and oxygen atoms in total. The third-order valence-electron chi connectivity index (χ3n) is 6.30. The highest BCUT2D eigenvalue weighted by molar-refractivity contribution is 8.14. The van der Waals surface area contributed by atoms with Crippen molar-refractivity contribution in [2.45, 2.75) is 19.0 Å². The van der Waals surface area contributed by atoms with Crippen LogP contribution in [-0.4, -0.2) is 52.8 Å². The molecule has 37 heavy (non-hydrogen) atoms. The number of benzene rings is 3. The highest BCUT2D eigenvalue weighted by atomic mass is 32.2. The Morgan fingerprint density at radius 3 is 1.81 bits per heavy atom. The first-order chi connectivity index (χ1) is 18.0. The third-order valence-corrected chi connectivity index (χ3v) is 8.42. The summed E-state index contributed by atoms with van der Waals surface area (Å²) in [6, 6.07) is 23.7. The van der Waals surface area contributed by atoms with Crippen molar-refractivity contribution in [3.05, 3.63) is 95.6 Å². The summed E-state index contributed by atoms with van der Waals surface area (Å²) in [5, 5.41) is -0.111. The van der Waals surface area contributed by atoms with E-state index in [1.54, 1.807) is 62.8 Å². The maximum absolute atomic E-state index is 13.4. The van der Waals surface area contributed by atoms with Crippen molar-refractivity contribution in [2.75, 3.05) is 25.7 Å². The van der Waals surface area contributed by atoms with Gasteiger partial charge in [-0.3, -0.25) is 14.4 Å². The van der Waals surface area contributed by atoms with E-state index in [0.29, 0.717) is 47.1 Å². The normalized spacial score (nSPS) is 17.0. The monoisotopic (exact) mass is 535 g/mol. The molecule has 4 rings (SSSR count). The lowest BCUT2D eigenvalue weighted by atomic mass is 10.1. The van der Waals surface area contributed by atoms with Crippen LogP contribution >= 0.6 is 23.5 Å². The zero-order valence-electron chi connectivity index (χ0n) is 20.8. The Hall–Kier alpha value is -3.23. The van der Waals surface area contributed by atoms with E-state index < -0.39 is 0 Å². The first kappa shape index (κ1) is 26.8. The lowest BCUT2D eigenvalue weighted by Crippen LogP contribution is -2.35. The van der Waals surface area contributed by atoms with Gasteiger partial charge in [0.15, 0.2) is 0 Å². The molecule has 0 aromatic heterocycles. The highest BCUT2D eigenvalue weighted by Crippen LogP contribution is 2.33. The molecule has 1 saturated heterocycles. The third kappa shape index (κ3) is 6.96. The molecule has 2 atom stereocenters. The van der Waals surface area contributed by atoms with Crippen molar-refractivity contribution in [3.8, 4) is 11.5 Å². The number of hydrogen-bond donors (Lipinski definition) is 0. The fraction of sp³-hybridized carbons (Fsp3) is 0.276. The molecule has 1 amide bonds. The predicted molar refractivity (Wildman–Crippen MR) is 148 cm³/mol. The average Bonchev–Trinajstić information content (AvgIpc) is 3.24. The minimum Gasteiger partial charge on any atom is -0.497 e. The molecule has 0 radical (unpaired) electrons. The molecule has 8 heteroatoms. The average molecular weight is 536 g/mol. The van der Waals surface area contributed by atoms with Gasteiger partial charge in [0.2, 0.25) is 16.1 Å². The number of carbonyl (C=O) groups is 3. The van der Waals surface area contributed by atoms with Crippen LogP contribution in [-0.2, 0) is 11.3 Å². The lowest BCUT2D eigenvalue weighted by molar-refractivity contribution is -0.131. The molecule has 3 aromatic rings. The van der Waals surface area contributed by atoms with Crippen LogP contribution in [0.4, 0.5) is 0 Å². The Labute approximate surface area is 225 Å². The minimum atomic E-state index is -0.280. The second-order valence-electron chi connectivity index (χ2n) is 8.69. The molecular formula is C29H29NO5S2. The quantitative estimate of drug-likeness (QED) is 0.336. The highest BCUT2D eigenvalue weighted by Gasteiger charge is 2.39. The van der Waals surface area contributed by atoms with Crippen LogP contribution in [0.25, 0.3) is 0 Å². The molecule has 0 N–H and O–H groups in total. The van der Waals surface area contributed by atoms with Gasteiger partial charge in [0, 0.05) is 41.1 Å². The first-order valence-corrected chi connectivity index (χ1v) is 13.9. The van der Waals surface area contributed by atoms with Crippen LogP contribution in [0.1, 0.15) is 32.7 Å². The fourth-order valence-corrected chi connectivity index (χ4v) is 6.12. The number of likely N-dealkylation sites (tertiary alicyclic amines) is 1. The smallest absolute Gasteiger partial charge is 0.227 e. The van der Waals surface area contributed by atoms with E-state index >= 15 is 0 Å². The second kappa shape index (κ2) is 12.8. The van der Waals surface area contributed by atoms with E-state index in [4.69, 9.17) is 9.47 Å². The summed E-state index contributed by atoms with van der Waals surface area (Å²) >= 11 is 2.39. The van der Waals surface area contributed by atoms with Gasteiger partial charge < -0.3 is 14.4 Å². The van der Waals surface area contributed by atoms with Gasteiger partial charge in [0.05, 0.1) is 14.2 Å². The Morgan fingerprint density at radius 1 is 0.784 bits per heavy atom. The molecule has 2 unspecified atom stereocenters. The molecule has 1 aliphatic rings. The van der Waals surface area contributed by atoms with Gasteiger partial charge in [-0.1, -0.05) is 53.9 Å². The Kier molecular flexibility index (Phi) is 9.30. The summed E-state index contributed by atoms with van der Waals surface area (Å²) in [5.41, 5.74) is 2.21. The van der Waals surface area contributed by atoms with Gasteiger partial charge in [-0.05, 0) is 60.5 Å². The molecular weight excluding hydrogens is 506 g/mol.